The first-order valence-corrected chi connectivity index (χ1v) is 11.2. The van der Waals surface area contributed by atoms with Crippen LogP contribution in [0, 0.1) is 0 Å². The maximum absolute atomic E-state index is 12.7. The summed E-state index contributed by atoms with van der Waals surface area (Å²) in [5.74, 6) is -0.963. The van der Waals surface area contributed by atoms with Crippen LogP contribution in [0.2, 0.25) is 0 Å². The van der Waals surface area contributed by atoms with Crippen LogP contribution < -0.4 is 10.6 Å². The zero-order valence-corrected chi connectivity index (χ0v) is 19.0. The molecule has 1 aromatic rings. The molecule has 31 heavy (non-hydrogen) atoms. The van der Waals surface area contributed by atoms with Crippen molar-refractivity contribution >= 4 is 44.9 Å². The van der Waals surface area contributed by atoms with E-state index in [1.165, 1.54) is 47.8 Å². The van der Waals surface area contributed by atoms with Gasteiger partial charge in [-0.25, -0.2) is 8.42 Å². The SMILES string of the molecule is C=CCN(CC=C)S(=O)(=O)c1ccc(NC(=S)NC(=O)CCC(=O)OCCOC)cc1. The van der Waals surface area contributed by atoms with Crippen molar-refractivity contribution in [1.29, 1.82) is 0 Å². The first-order valence-electron chi connectivity index (χ1n) is 9.32. The number of carbonyl (C=O) groups excluding carboxylic acids is 2. The highest BCUT2D eigenvalue weighted by Gasteiger charge is 2.22. The van der Waals surface area contributed by atoms with Crippen LogP contribution in [-0.2, 0) is 29.1 Å². The van der Waals surface area contributed by atoms with Gasteiger partial charge in [-0.15, -0.1) is 13.2 Å². The highest BCUT2D eigenvalue weighted by molar-refractivity contribution is 7.89. The number of sulfonamides is 1. The molecule has 0 saturated heterocycles. The Labute approximate surface area is 188 Å². The minimum atomic E-state index is -3.70. The van der Waals surface area contributed by atoms with E-state index in [1.807, 2.05) is 0 Å². The minimum absolute atomic E-state index is 0.0216. The minimum Gasteiger partial charge on any atom is -0.463 e. The van der Waals surface area contributed by atoms with Crippen LogP contribution in [0.5, 0.6) is 0 Å². The molecule has 0 spiro atoms. The van der Waals surface area contributed by atoms with Gasteiger partial charge in [0.2, 0.25) is 15.9 Å². The van der Waals surface area contributed by atoms with Crippen LogP contribution in [-0.4, -0.2) is 63.1 Å². The summed E-state index contributed by atoms with van der Waals surface area (Å²) in [7, 11) is -2.22. The van der Waals surface area contributed by atoms with E-state index in [-0.39, 0.29) is 49.2 Å². The molecule has 2 N–H and O–H groups in total. The standard InChI is InChI=1S/C20H27N3O6S2/c1-4-12-23(13-5-2)31(26,27)17-8-6-16(7-9-17)21-20(30)22-18(24)10-11-19(25)29-15-14-28-3/h4-9H,1-2,10-15H2,3H3,(H2,21,22,24,30). The molecule has 1 rings (SSSR count). The lowest BCUT2D eigenvalue weighted by molar-refractivity contribution is -0.146. The Bertz CT molecular complexity index is 875. The first kappa shape index (κ1) is 26.4. The first-order chi connectivity index (χ1) is 14.7. The summed E-state index contributed by atoms with van der Waals surface area (Å²) in [6.07, 6.45) is 2.82. The summed E-state index contributed by atoms with van der Waals surface area (Å²) in [5.41, 5.74) is 0.488. The third-order valence-electron chi connectivity index (χ3n) is 3.78. The molecule has 0 aliphatic rings. The van der Waals surface area contributed by atoms with E-state index in [9.17, 15) is 18.0 Å². The van der Waals surface area contributed by atoms with E-state index < -0.39 is 21.9 Å². The average Bonchev–Trinajstić information content (AvgIpc) is 2.72. The Morgan fingerprint density at radius 3 is 2.26 bits per heavy atom. The number of hydrogen-bond acceptors (Lipinski definition) is 7. The highest BCUT2D eigenvalue weighted by atomic mass is 32.2. The topological polar surface area (TPSA) is 114 Å². The number of rotatable bonds is 13. The van der Waals surface area contributed by atoms with Crippen LogP contribution in [0.4, 0.5) is 5.69 Å². The molecule has 0 aliphatic carbocycles. The van der Waals surface area contributed by atoms with E-state index >= 15 is 0 Å². The Hall–Kier alpha value is -2.60. The zero-order chi connectivity index (χ0) is 23.3. The summed E-state index contributed by atoms with van der Waals surface area (Å²) in [4.78, 5) is 23.5. The Balaban J connectivity index is 2.59. The lowest BCUT2D eigenvalue weighted by Gasteiger charge is -2.19. The van der Waals surface area contributed by atoms with E-state index in [4.69, 9.17) is 21.7 Å². The number of thiocarbonyl (C=S) groups is 1. The summed E-state index contributed by atoms with van der Waals surface area (Å²) in [5, 5.41) is 5.26. The number of hydrogen-bond donors (Lipinski definition) is 2. The van der Waals surface area contributed by atoms with Crippen molar-refractivity contribution < 1.29 is 27.5 Å². The van der Waals surface area contributed by atoms with Crippen molar-refractivity contribution in [2.45, 2.75) is 17.7 Å². The quantitative estimate of drug-likeness (QED) is 0.195. The van der Waals surface area contributed by atoms with Crippen LogP contribution in [0.1, 0.15) is 12.8 Å². The summed E-state index contributed by atoms with van der Waals surface area (Å²) < 4.78 is 36.2. The maximum atomic E-state index is 12.7. The van der Waals surface area contributed by atoms with E-state index in [1.54, 1.807) is 0 Å². The summed E-state index contributed by atoms with van der Waals surface area (Å²) >= 11 is 5.07. The molecule has 0 heterocycles. The third kappa shape index (κ3) is 9.39. The third-order valence-corrected chi connectivity index (χ3v) is 5.83. The molecule has 0 atom stereocenters. The normalized spacial score (nSPS) is 10.9. The number of nitrogens with zero attached hydrogens (tertiary/aromatic N) is 1. The lowest BCUT2D eigenvalue weighted by Crippen LogP contribution is -2.34. The molecule has 0 fully saturated rings. The Morgan fingerprint density at radius 1 is 1.10 bits per heavy atom. The van der Waals surface area contributed by atoms with Gasteiger partial charge in [-0.1, -0.05) is 12.2 Å². The maximum Gasteiger partial charge on any atom is 0.306 e. The van der Waals surface area contributed by atoms with E-state index in [2.05, 4.69) is 23.8 Å². The molecular weight excluding hydrogens is 442 g/mol. The number of benzene rings is 1. The molecule has 1 aromatic carbocycles. The fourth-order valence-corrected chi connectivity index (χ4v) is 3.91. The second kappa shape index (κ2) is 13.7. The molecular formula is C20H27N3O6S2. The number of methoxy groups -OCH3 is 1. The number of carbonyl (C=O) groups is 2. The van der Waals surface area contributed by atoms with Gasteiger partial charge in [-0.3, -0.25) is 9.59 Å². The zero-order valence-electron chi connectivity index (χ0n) is 17.3. The molecule has 0 bridgehead atoms. The van der Waals surface area contributed by atoms with Gasteiger partial charge < -0.3 is 20.1 Å². The van der Waals surface area contributed by atoms with Gasteiger partial charge in [0.25, 0.3) is 0 Å². The predicted octanol–water partition coefficient (Wildman–Crippen LogP) is 1.83. The average molecular weight is 470 g/mol. The van der Waals surface area contributed by atoms with Gasteiger partial charge in [-0.05, 0) is 36.5 Å². The molecule has 170 valence electrons. The molecule has 0 radical (unpaired) electrons. The molecule has 1 amide bonds. The van der Waals surface area contributed by atoms with Gasteiger partial charge in [0.05, 0.1) is 17.9 Å². The lowest BCUT2D eigenvalue weighted by atomic mass is 10.3. The van der Waals surface area contributed by atoms with Gasteiger partial charge in [0.15, 0.2) is 5.11 Å². The molecule has 0 unspecified atom stereocenters. The van der Waals surface area contributed by atoms with Crippen LogP contribution in [0.25, 0.3) is 0 Å². The van der Waals surface area contributed by atoms with Gasteiger partial charge in [-0.2, -0.15) is 4.31 Å². The largest absolute Gasteiger partial charge is 0.463 e. The molecule has 9 nitrogen and oxygen atoms in total. The van der Waals surface area contributed by atoms with E-state index in [0.29, 0.717) is 5.69 Å². The van der Waals surface area contributed by atoms with Gasteiger partial charge >= 0.3 is 5.97 Å². The number of esters is 1. The summed E-state index contributed by atoms with van der Waals surface area (Å²) in [6.45, 7) is 7.86. The van der Waals surface area contributed by atoms with Crippen molar-refractivity contribution in [2.24, 2.45) is 0 Å². The molecule has 0 aliphatic heterocycles. The van der Waals surface area contributed by atoms with Crippen LogP contribution in [0.3, 0.4) is 0 Å². The van der Waals surface area contributed by atoms with Crippen molar-refractivity contribution in [3.05, 3.63) is 49.6 Å². The Morgan fingerprint density at radius 2 is 1.71 bits per heavy atom. The number of amides is 1. The summed E-state index contributed by atoms with van der Waals surface area (Å²) in [6, 6.07) is 5.91. The number of nitrogens with one attached hydrogen (secondary N) is 2. The van der Waals surface area contributed by atoms with Gasteiger partial charge in [0, 0.05) is 32.3 Å². The fraction of sp³-hybridized carbons (Fsp3) is 0.350. The van der Waals surface area contributed by atoms with Crippen LogP contribution >= 0.6 is 12.2 Å². The number of ether oxygens (including phenoxy) is 2. The molecule has 0 aromatic heterocycles. The number of anilines is 1. The van der Waals surface area contributed by atoms with E-state index in [0.717, 1.165) is 0 Å². The molecule has 0 saturated carbocycles. The van der Waals surface area contributed by atoms with Crippen molar-refractivity contribution in [2.75, 3.05) is 38.7 Å². The highest BCUT2D eigenvalue weighted by Crippen LogP contribution is 2.18. The molecule has 11 heteroatoms. The Kier molecular flexibility index (Phi) is 11.6. The fourth-order valence-electron chi connectivity index (χ4n) is 2.30. The van der Waals surface area contributed by atoms with Crippen molar-refractivity contribution in [1.82, 2.24) is 9.62 Å². The van der Waals surface area contributed by atoms with Gasteiger partial charge in [0.1, 0.15) is 6.61 Å². The monoisotopic (exact) mass is 469 g/mol. The second-order valence-corrected chi connectivity index (χ2v) is 8.49. The van der Waals surface area contributed by atoms with Crippen molar-refractivity contribution in [3.63, 3.8) is 0 Å². The van der Waals surface area contributed by atoms with Crippen LogP contribution in [0.15, 0.2) is 54.5 Å². The second-order valence-electron chi connectivity index (χ2n) is 6.14. The van der Waals surface area contributed by atoms with Crippen molar-refractivity contribution in [3.8, 4) is 0 Å². The smallest absolute Gasteiger partial charge is 0.306 e. The predicted molar refractivity (Wildman–Crippen MR) is 122 cm³/mol.